The molecule has 26 heavy (non-hydrogen) atoms. The van der Waals surface area contributed by atoms with Crippen LogP contribution < -0.4 is 10.6 Å². The molecule has 1 aromatic heterocycles. The summed E-state index contributed by atoms with van der Waals surface area (Å²) < 4.78 is 4.21. The molecule has 1 aromatic carbocycles. The molecule has 2 rings (SSSR count). The molecule has 2 amide bonds. The summed E-state index contributed by atoms with van der Waals surface area (Å²) in [6.45, 7) is 8.03. The summed E-state index contributed by atoms with van der Waals surface area (Å²) in [4.78, 5) is 29.1. The van der Waals surface area contributed by atoms with Gasteiger partial charge in [-0.25, -0.2) is 9.78 Å². The Morgan fingerprint density at radius 1 is 1.19 bits per heavy atom. The molecule has 7 heteroatoms. The van der Waals surface area contributed by atoms with E-state index >= 15 is 0 Å². The molecule has 0 fully saturated rings. The fourth-order valence-corrected chi connectivity index (χ4v) is 3.14. The zero-order valence-electron chi connectivity index (χ0n) is 15.8. The van der Waals surface area contributed by atoms with Crippen LogP contribution in [0.2, 0.25) is 0 Å². The standard InChI is InChI=1S/C19H26N4O2S/c1-5-6-7-8-16(24)14-11-13(4)9-10-15(14)20-18(25)22-19-21-17(12(2)3)23-26-19/h9-12H,5-8H2,1-4H3,(H2,20,21,22,23,25). The van der Waals surface area contributed by atoms with Crippen molar-refractivity contribution in [1.29, 1.82) is 0 Å². The Balaban J connectivity index is 2.07. The molecule has 0 bridgehead atoms. The minimum atomic E-state index is -0.428. The van der Waals surface area contributed by atoms with Gasteiger partial charge in [-0.15, -0.1) is 0 Å². The van der Waals surface area contributed by atoms with E-state index in [1.54, 1.807) is 6.07 Å². The summed E-state index contributed by atoms with van der Waals surface area (Å²) in [6, 6.07) is 5.04. The predicted molar refractivity (Wildman–Crippen MR) is 106 cm³/mol. The molecule has 1 heterocycles. The third kappa shape index (κ3) is 5.62. The number of unbranched alkanes of at least 4 members (excludes halogenated alkanes) is 2. The highest BCUT2D eigenvalue weighted by molar-refractivity contribution is 7.09. The van der Waals surface area contributed by atoms with Gasteiger partial charge in [-0.05, 0) is 25.5 Å². The van der Waals surface area contributed by atoms with Gasteiger partial charge in [0.25, 0.3) is 0 Å². The zero-order chi connectivity index (χ0) is 19.1. The summed E-state index contributed by atoms with van der Waals surface area (Å²) in [5.74, 6) is 0.956. The molecular formula is C19H26N4O2S. The predicted octanol–water partition coefficient (Wildman–Crippen LogP) is 5.38. The van der Waals surface area contributed by atoms with Crippen LogP contribution >= 0.6 is 11.5 Å². The number of nitrogens with zero attached hydrogens (tertiary/aromatic N) is 2. The number of Topliss-reactive ketones (excluding diaryl/α,β-unsaturated/α-hetero) is 1. The van der Waals surface area contributed by atoms with Gasteiger partial charge in [-0.1, -0.05) is 45.2 Å². The molecule has 0 unspecified atom stereocenters. The second-order valence-corrected chi connectivity index (χ2v) is 7.37. The molecular weight excluding hydrogens is 348 g/mol. The minimum absolute atomic E-state index is 0.0514. The number of carbonyl (C=O) groups is 2. The van der Waals surface area contributed by atoms with E-state index in [2.05, 4.69) is 26.9 Å². The number of carbonyl (C=O) groups excluding carboxylic acids is 2. The fraction of sp³-hybridized carbons (Fsp3) is 0.474. The Morgan fingerprint density at radius 2 is 1.96 bits per heavy atom. The van der Waals surface area contributed by atoms with Gasteiger partial charge in [0.1, 0.15) is 5.82 Å². The normalized spacial score (nSPS) is 10.8. The van der Waals surface area contributed by atoms with Crippen molar-refractivity contribution in [1.82, 2.24) is 9.36 Å². The van der Waals surface area contributed by atoms with Gasteiger partial charge in [-0.2, -0.15) is 4.37 Å². The maximum atomic E-state index is 12.5. The van der Waals surface area contributed by atoms with E-state index in [1.807, 2.05) is 32.9 Å². The number of rotatable bonds is 8. The second-order valence-electron chi connectivity index (χ2n) is 6.62. The van der Waals surface area contributed by atoms with Crippen molar-refractivity contribution in [2.45, 2.75) is 59.3 Å². The van der Waals surface area contributed by atoms with Gasteiger partial charge in [-0.3, -0.25) is 10.1 Å². The first kappa shape index (κ1) is 20.0. The summed E-state index contributed by atoms with van der Waals surface area (Å²) >= 11 is 1.14. The monoisotopic (exact) mass is 374 g/mol. The Hall–Kier alpha value is -2.28. The number of hydrogen-bond acceptors (Lipinski definition) is 5. The molecule has 140 valence electrons. The molecule has 0 aliphatic rings. The molecule has 2 N–H and O–H groups in total. The molecule has 0 aliphatic carbocycles. The number of aryl methyl sites for hydroxylation is 1. The molecule has 0 aliphatic heterocycles. The van der Waals surface area contributed by atoms with E-state index in [9.17, 15) is 9.59 Å². The lowest BCUT2D eigenvalue weighted by molar-refractivity contribution is 0.0980. The summed E-state index contributed by atoms with van der Waals surface area (Å²) in [5, 5.41) is 5.89. The first-order chi connectivity index (χ1) is 12.4. The third-order valence-electron chi connectivity index (χ3n) is 3.91. The van der Waals surface area contributed by atoms with Crippen LogP contribution in [0.1, 0.15) is 74.1 Å². The van der Waals surface area contributed by atoms with Crippen LogP contribution in [0.25, 0.3) is 0 Å². The van der Waals surface area contributed by atoms with Crippen molar-refractivity contribution < 1.29 is 9.59 Å². The lowest BCUT2D eigenvalue weighted by atomic mass is 10.0. The van der Waals surface area contributed by atoms with Crippen LogP contribution in [-0.2, 0) is 0 Å². The van der Waals surface area contributed by atoms with Crippen LogP contribution in [0, 0.1) is 6.92 Å². The Kier molecular flexibility index (Phi) is 7.26. The topological polar surface area (TPSA) is 84.0 Å². The molecule has 0 saturated heterocycles. The first-order valence-electron chi connectivity index (χ1n) is 8.96. The number of nitrogens with one attached hydrogen (secondary N) is 2. The van der Waals surface area contributed by atoms with E-state index in [1.165, 1.54) is 0 Å². The van der Waals surface area contributed by atoms with Crippen molar-refractivity contribution >= 4 is 34.2 Å². The molecule has 6 nitrogen and oxygen atoms in total. The number of amides is 2. The zero-order valence-corrected chi connectivity index (χ0v) is 16.6. The average Bonchev–Trinajstić information content (AvgIpc) is 3.05. The maximum absolute atomic E-state index is 12.5. The summed E-state index contributed by atoms with van der Waals surface area (Å²) in [6.07, 6.45) is 3.43. The van der Waals surface area contributed by atoms with E-state index in [4.69, 9.17) is 0 Å². The number of ketones is 1. The van der Waals surface area contributed by atoms with Gasteiger partial charge in [0.05, 0.1) is 5.69 Å². The van der Waals surface area contributed by atoms with Gasteiger partial charge < -0.3 is 5.32 Å². The summed E-state index contributed by atoms with van der Waals surface area (Å²) in [7, 11) is 0. The highest BCUT2D eigenvalue weighted by atomic mass is 32.1. The van der Waals surface area contributed by atoms with E-state index in [0.717, 1.165) is 36.4 Å². The summed E-state index contributed by atoms with van der Waals surface area (Å²) in [5.41, 5.74) is 2.06. The van der Waals surface area contributed by atoms with Crippen molar-refractivity contribution in [3.8, 4) is 0 Å². The fourth-order valence-electron chi connectivity index (χ4n) is 2.44. The molecule has 0 saturated carbocycles. The largest absolute Gasteiger partial charge is 0.325 e. The highest BCUT2D eigenvalue weighted by Crippen LogP contribution is 2.22. The smallest absolute Gasteiger partial charge is 0.307 e. The number of urea groups is 1. The quantitative estimate of drug-likeness (QED) is 0.480. The number of benzene rings is 1. The lowest BCUT2D eigenvalue weighted by Gasteiger charge is -2.11. The Bertz CT molecular complexity index is 771. The van der Waals surface area contributed by atoms with Crippen LogP contribution in [0.5, 0.6) is 0 Å². The van der Waals surface area contributed by atoms with Gasteiger partial charge in [0.15, 0.2) is 5.78 Å². The number of anilines is 2. The molecule has 2 aromatic rings. The number of hydrogen-bond donors (Lipinski definition) is 2. The van der Waals surface area contributed by atoms with Gasteiger partial charge in [0, 0.05) is 29.4 Å². The van der Waals surface area contributed by atoms with E-state index < -0.39 is 6.03 Å². The van der Waals surface area contributed by atoms with Crippen molar-refractivity contribution in [2.24, 2.45) is 0 Å². The van der Waals surface area contributed by atoms with Crippen LogP contribution in [-0.4, -0.2) is 21.2 Å². The molecule has 0 atom stereocenters. The van der Waals surface area contributed by atoms with E-state index in [0.29, 0.717) is 28.6 Å². The number of aromatic nitrogens is 2. The third-order valence-corrected chi connectivity index (χ3v) is 4.55. The van der Waals surface area contributed by atoms with Gasteiger partial charge >= 0.3 is 6.03 Å². The van der Waals surface area contributed by atoms with Crippen LogP contribution in [0.15, 0.2) is 18.2 Å². The van der Waals surface area contributed by atoms with Crippen molar-refractivity contribution in [3.63, 3.8) is 0 Å². The Labute approximate surface area is 158 Å². The Morgan fingerprint density at radius 3 is 2.62 bits per heavy atom. The average molecular weight is 375 g/mol. The van der Waals surface area contributed by atoms with Gasteiger partial charge in [0.2, 0.25) is 5.13 Å². The molecule has 0 radical (unpaired) electrons. The molecule has 0 spiro atoms. The second kappa shape index (κ2) is 9.43. The van der Waals surface area contributed by atoms with Crippen LogP contribution in [0.3, 0.4) is 0 Å². The maximum Gasteiger partial charge on any atom is 0.325 e. The first-order valence-corrected chi connectivity index (χ1v) is 9.73. The SMILES string of the molecule is CCCCCC(=O)c1cc(C)ccc1NC(=O)Nc1nc(C(C)C)ns1. The minimum Gasteiger partial charge on any atom is -0.307 e. The highest BCUT2D eigenvalue weighted by Gasteiger charge is 2.15. The lowest BCUT2D eigenvalue weighted by Crippen LogP contribution is -2.21. The van der Waals surface area contributed by atoms with Crippen molar-refractivity contribution in [3.05, 3.63) is 35.2 Å². The van der Waals surface area contributed by atoms with E-state index in [-0.39, 0.29) is 11.7 Å². The van der Waals surface area contributed by atoms with Crippen molar-refractivity contribution in [2.75, 3.05) is 10.6 Å². The van der Waals surface area contributed by atoms with Crippen LogP contribution in [0.4, 0.5) is 15.6 Å².